The molecule has 7 heteroatoms. The Morgan fingerprint density at radius 1 is 1.13 bits per heavy atom. The third kappa shape index (κ3) is 5.47. The van der Waals surface area contributed by atoms with Crippen molar-refractivity contribution in [1.29, 1.82) is 0 Å². The molecule has 0 saturated heterocycles. The number of benzene rings is 1. The number of carbonyl (C=O) groups is 2. The second-order valence-corrected chi connectivity index (χ2v) is 5.34. The zero-order chi connectivity index (χ0) is 16.7. The van der Waals surface area contributed by atoms with Crippen LogP contribution in [0, 0.1) is 0 Å². The van der Waals surface area contributed by atoms with Gasteiger partial charge in [0.25, 0.3) is 0 Å². The van der Waals surface area contributed by atoms with E-state index >= 15 is 0 Å². The number of hydrogen-bond donors (Lipinski definition) is 2. The fourth-order valence-electron chi connectivity index (χ4n) is 1.70. The highest BCUT2D eigenvalue weighted by molar-refractivity contribution is 6.42. The third-order valence-corrected chi connectivity index (χ3v) is 3.69. The Labute approximate surface area is 143 Å². The molecule has 2 amide bonds. The number of carbonyl (C=O) groups excluding carboxylic acids is 2. The summed E-state index contributed by atoms with van der Waals surface area (Å²) in [7, 11) is 0. The summed E-state index contributed by atoms with van der Waals surface area (Å²) in [5, 5.41) is 5.87. The van der Waals surface area contributed by atoms with E-state index in [9.17, 15) is 9.59 Å². The van der Waals surface area contributed by atoms with Gasteiger partial charge >= 0.3 is 0 Å². The molecule has 2 rings (SSSR count). The van der Waals surface area contributed by atoms with Gasteiger partial charge in [0, 0.05) is 6.08 Å². The van der Waals surface area contributed by atoms with Crippen LogP contribution in [0.2, 0.25) is 10.0 Å². The maximum absolute atomic E-state index is 11.7. The molecule has 23 heavy (non-hydrogen) atoms. The second-order valence-electron chi connectivity index (χ2n) is 4.55. The third-order valence-electron chi connectivity index (χ3n) is 2.86. The molecule has 5 nitrogen and oxygen atoms in total. The molecule has 1 aromatic heterocycles. The molecule has 0 aliphatic carbocycles. The van der Waals surface area contributed by atoms with Crippen LogP contribution in [0.15, 0.2) is 47.1 Å². The molecular formula is C16H14Cl2N2O3. The Morgan fingerprint density at radius 3 is 2.70 bits per heavy atom. The van der Waals surface area contributed by atoms with Crippen LogP contribution in [0.1, 0.15) is 11.3 Å². The first-order chi connectivity index (χ1) is 11.1. The number of rotatable bonds is 6. The molecule has 1 aromatic carbocycles. The summed E-state index contributed by atoms with van der Waals surface area (Å²) in [5.74, 6) is -0.0849. The Kier molecular flexibility index (Phi) is 6.26. The summed E-state index contributed by atoms with van der Waals surface area (Å²) < 4.78 is 5.08. The molecule has 0 spiro atoms. The molecule has 0 radical (unpaired) electrons. The van der Waals surface area contributed by atoms with E-state index in [-0.39, 0.29) is 19.0 Å². The van der Waals surface area contributed by atoms with Crippen LogP contribution in [-0.2, 0) is 16.1 Å². The van der Waals surface area contributed by atoms with Gasteiger partial charge in [-0.1, -0.05) is 35.3 Å². The van der Waals surface area contributed by atoms with Crippen molar-refractivity contribution in [3.63, 3.8) is 0 Å². The zero-order valence-electron chi connectivity index (χ0n) is 12.0. The van der Waals surface area contributed by atoms with Crippen molar-refractivity contribution < 1.29 is 14.0 Å². The topological polar surface area (TPSA) is 71.3 Å². The second kappa shape index (κ2) is 8.41. The van der Waals surface area contributed by atoms with Gasteiger partial charge in [-0.2, -0.15) is 0 Å². The van der Waals surface area contributed by atoms with E-state index in [4.69, 9.17) is 27.6 Å². The lowest BCUT2D eigenvalue weighted by atomic mass is 10.2. The zero-order valence-corrected chi connectivity index (χ0v) is 13.5. The highest BCUT2D eigenvalue weighted by Gasteiger charge is 2.05. The number of nitrogens with one attached hydrogen (secondary N) is 2. The Balaban J connectivity index is 1.77. The predicted octanol–water partition coefficient (Wildman–Crippen LogP) is 3.03. The number of hydrogen-bond acceptors (Lipinski definition) is 3. The molecule has 2 N–H and O–H groups in total. The van der Waals surface area contributed by atoms with Gasteiger partial charge in [0.15, 0.2) is 0 Å². The van der Waals surface area contributed by atoms with Crippen LogP contribution in [0.25, 0.3) is 6.08 Å². The van der Waals surface area contributed by atoms with Crippen molar-refractivity contribution in [3.8, 4) is 0 Å². The first-order valence-electron chi connectivity index (χ1n) is 6.75. The fraction of sp³-hybridized carbons (Fsp3) is 0.125. The molecule has 1 heterocycles. The smallest absolute Gasteiger partial charge is 0.244 e. The lowest BCUT2D eigenvalue weighted by Crippen LogP contribution is -2.35. The van der Waals surface area contributed by atoms with E-state index in [0.29, 0.717) is 21.4 Å². The molecule has 0 unspecified atom stereocenters. The van der Waals surface area contributed by atoms with Gasteiger partial charge in [-0.25, -0.2) is 0 Å². The van der Waals surface area contributed by atoms with Gasteiger partial charge in [0.2, 0.25) is 11.8 Å². The van der Waals surface area contributed by atoms with Gasteiger partial charge in [-0.05, 0) is 29.8 Å². The van der Waals surface area contributed by atoms with E-state index in [1.165, 1.54) is 18.4 Å². The van der Waals surface area contributed by atoms with Gasteiger partial charge in [0.1, 0.15) is 5.76 Å². The highest BCUT2D eigenvalue weighted by Crippen LogP contribution is 2.26. The minimum atomic E-state index is -0.408. The summed E-state index contributed by atoms with van der Waals surface area (Å²) in [6.45, 7) is 0.142. The summed E-state index contributed by atoms with van der Waals surface area (Å²) in [6, 6.07) is 8.60. The van der Waals surface area contributed by atoms with Crippen molar-refractivity contribution in [1.82, 2.24) is 10.6 Å². The average Bonchev–Trinajstić information content (AvgIpc) is 3.05. The molecule has 0 atom stereocenters. The lowest BCUT2D eigenvalue weighted by molar-refractivity contribution is -0.124. The molecule has 0 fully saturated rings. The average molecular weight is 353 g/mol. The monoisotopic (exact) mass is 352 g/mol. The van der Waals surface area contributed by atoms with Gasteiger partial charge in [0.05, 0.1) is 29.4 Å². The number of halogens is 2. The summed E-state index contributed by atoms with van der Waals surface area (Å²) in [5.41, 5.74) is 0.622. The lowest BCUT2D eigenvalue weighted by Gasteiger charge is -2.04. The van der Waals surface area contributed by atoms with E-state index in [2.05, 4.69) is 10.6 Å². The van der Waals surface area contributed by atoms with Crippen molar-refractivity contribution in [2.24, 2.45) is 0 Å². The van der Waals surface area contributed by atoms with E-state index in [1.807, 2.05) is 0 Å². The van der Waals surface area contributed by atoms with Crippen LogP contribution in [0.4, 0.5) is 0 Å². The molecule has 0 aliphatic rings. The predicted molar refractivity (Wildman–Crippen MR) is 89.1 cm³/mol. The standard InChI is InChI=1S/C16H14Cl2N2O3/c17-13-5-1-3-11(16(13)18)6-7-14(21)20-10-15(22)19-9-12-4-2-8-23-12/h1-8H,9-10H2,(H,19,22)(H,20,21)/b7-6+. The summed E-state index contributed by atoms with van der Waals surface area (Å²) in [6.07, 6.45) is 4.34. The van der Waals surface area contributed by atoms with Gasteiger partial charge in [-0.15, -0.1) is 0 Å². The van der Waals surface area contributed by atoms with E-state index in [1.54, 1.807) is 30.3 Å². The van der Waals surface area contributed by atoms with Crippen LogP contribution in [0.5, 0.6) is 0 Å². The van der Waals surface area contributed by atoms with Crippen LogP contribution >= 0.6 is 23.2 Å². The fourth-order valence-corrected chi connectivity index (χ4v) is 2.07. The van der Waals surface area contributed by atoms with Crippen molar-refractivity contribution >= 4 is 41.1 Å². The minimum Gasteiger partial charge on any atom is -0.467 e. The molecular weight excluding hydrogens is 339 g/mol. The van der Waals surface area contributed by atoms with Crippen LogP contribution in [0.3, 0.4) is 0 Å². The Hall–Kier alpha value is -2.24. The first kappa shape index (κ1) is 17.1. The molecule has 2 aromatic rings. The Bertz CT molecular complexity index is 712. The quantitative estimate of drug-likeness (QED) is 0.785. The van der Waals surface area contributed by atoms with Crippen LogP contribution < -0.4 is 10.6 Å². The summed E-state index contributed by atoms with van der Waals surface area (Å²) in [4.78, 5) is 23.3. The molecule has 0 aliphatic heterocycles. The van der Waals surface area contributed by atoms with E-state index < -0.39 is 5.91 Å². The minimum absolute atomic E-state index is 0.132. The van der Waals surface area contributed by atoms with Crippen molar-refractivity contribution in [2.45, 2.75) is 6.54 Å². The number of furan rings is 1. The first-order valence-corrected chi connectivity index (χ1v) is 7.51. The van der Waals surface area contributed by atoms with Crippen molar-refractivity contribution in [2.75, 3.05) is 6.54 Å². The normalized spacial score (nSPS) is 10.7. The summed E-state index contributed by atoms with van der Waals surface area (Å²) >= 11 is 11.9. The SMILES string of the molecule is O=C(/C=C/c1cccc(Cl)c1Cl)NCC(=O)NCc1ccco1. The maximum atomic E-state index is 11.7. The number of amides is 2. The molecule has 0 bridgehead atoms. The van der Waals surface area contributed by atoms with Gasteiger partial charge < -0.3 is 15.1 Å². The van der Waals surface area contributed by atoms with Crippen molar-refractivity contribution in [3.05, 3.63) is 64.0 Å². The van der Waals surface area contributed by atoms with Crippen LogP contribution in [-0.4, -0.2) is 18.4 Å². The maximum Gasteiger partial charge on any atom is 0.244 e. The molecule has 120 valence electrons. The Morgan fingerprint density at radius 2 is 1.96 bits per heavy atom. The molecule has 0 saturated carbocycles. The van der Waals surface area contributed by atoms with Gasteiger partial charge in [-0.3, -0.25) is 9.59 Å². The van der Waals surface area contributed by atoms with E-state index in [0.717, 1.165) is 0 Å². The highest BCUT2D eigenvalue weighted by atomic mass is 35.5. The largest absolute Gasteiger partial charge is 0.467 e.